The Labute approximate surface area is 112 Å². The van der Waals surface area contributed by atoms with E-state index in [2.05, 4.69) is 11.4 Å². The summed E-state index contributed by atoms with van der Waals surface area (Å²) in [5.41, 5.74) is 1.24. The monoisotopic (exact) mass is 273 g/mol. The third kappa shape index (κ3) is 2.76. The smallest absolute Gasteiger partial charge is 0.0595 e. The van der Waals surface area contributed by atoms with E-state index in [1.807, 2.05) is 12.1 Å². The van der Waals surface area contributed by atoms with E-state index >= 15 is 0 Å². The van der Waals surface area contributed by atoms with Crippen molar-refractivity contribution in [3.8, 4) is 0 Å². The van der Waals surface area contributed by atoms with Gasteiger partial charge < -0.3 is 10.1 Å². The SMILES string of the molecule is COCC1(c2ccc(Cl)c(Cl)c2)CCCNC1. The summed E-state index contributed by atoms with van der Waals surface area (Å²) in [7, 11) is 1.74. The van der Waals surface area contributed by atoms with Crippen LogP contribution in [0.5, 0.6) is 0 Å². The molecular formula is C13H17Cl2NO. The van der Waals surface area contributed by atoms with E-state index in [-0.39, 0.29) is 5.41 Å². The first-order chi connectivity index (χ1) is 8.18. The van der Waals surface area contributed by atoms with Gasteiger partial charge in [0.15, 0.2) is 0 Å². The van der Waals surface area contributed by atoms with E-state index < -0.39 is 0 Å². The molecule has 1 unspecified atom stereocenters. The number of benzene rings is 1. The maximum absolute atomic E-state index is 6.10. The molecule has 0 spiro atoms. The van der Waals surface area contributed by atoms with Crippen molar-refractivity contribution >= 4 is 23.2 Å². The number of methoxy groups -OCH3 is 1. The van der Waals surface area contributed by atoms with Crippen molar-refractivity contribution in [2.24, 2.45) is 0 Å². The van der Waals surface area contributed by atoms with Gasteiger partial charge in [-0.2, -0.15) is 0 Å². The Bertz CT molecular complexity index is 383. The molecule has 1 aromatic rings. The largest absolute Gasteiger partial charge is 0.384 e. The lowest BCUT2D eigenvalue weighted by atomic mass is 9.75. The van der Waals surface area contributed by atoms with Crippen molar-refractivity contribution < 1.29 is 4.74 Å². The lowest BCUT2D eigenvalue weighted by Crippen LogP contribution is -2.46. The Morgan fingerprint density at radius 3 is 2.76 bits per heavy atom. The molecule has 4 heteroatoms. The molecule has 1 atom stereocenters. The molecule has 0 amide bonds. The highest BCUT2D eigenvalue weighted by Gasteiger charge is 2.34. The van der Waals surface area contributed by atoms with Crippen LogP contribution in [0.25, 0.3) is 0 Å². The van der Waals surface area contributed by atoms with Crippen molar-refractivity contribution in [2.75, 3.05) is 26.8 Å². The molecule has 1 aromatic carbocycles. The second-order valence-corrected chi connectivity index (χ2v) is 5.44. The number of rotatable bonds is 3. The Morgan fingerprint density at radius 2 is 2.18 bits per heavy atom. The van der Waals surface area contributed by atoms with Crippen LogP contribution in [0.15, 0.2) is 18.2 Å². The molecule has 17 heavy (non-hydrogen) atoms. The summed E-state index contributed by atoms with van der Waals surface area (Å²) in [6, 6.07) is 5.89. The van der Waals surface area contributed by atoms with Gasteiger partial charge in [-0.3, -0.25) is 0 Å². The van der Waals surface area contributed by atoms with Crippen molar-refractivity contribution in [1.82, 2.24) is 5.32 Å². The second-order valence-electron chi connectivity index (χ2n) is 4.62. The van der Waals surface area contributed by atoms with Gasteiger partial charge in [-0.05, 0) is 37.1 Å². The van der Waals surface area contributed by atoms with Crippen LogP contribution in [0.2, 0.25) is 10.0 Å². The Hall–Kier alpha value is -0.280. The average Bonchev–Trinajstić information content (AvgIpc) is 2.34. The fourth-order valence-electron chi connectivity index (χ4n) is 2.52. The molecule has 2 nitrogen and oxygen atoms in total. The molecular weight excluding hydrogens is 257 g/mol. The molecule has 0 aliphatic carbocycles. The number of ether oxygens (including phenoxy) is 1. The number of hydrogen-bond acceptors (Lipinski definition) is 2. The lowest BCUT2D eigenvalue weighted by molar-refractivity contribution is 0.111. The molecule has 1 N–H and O–H groups in total. The van der Waals surface area contributed by atoms with Crippen LogP contribution in [-0.2, 0) is 10.2 Å². The van der Waals surface area contributed by atoms with Crippen molar-refractivity contribution in [3.63, 3.8) is 0 Å². The minimum Gasteiger partial charge on any atom is -0.384 e. The van der Waals surface area contributed by atoms with Gasteiger partial charge in [0.25, 0.3) is 0 Å². The third-order valence-corrected chi connectivity index (χ3v) is 4.16. The zero-order valence-electron chi connectivity index (χ0n) is 9.93. The first kappa shape index (κ1) is 13.2. The standard InChI is InChI=1S/C13H17Cl2NO/c1-17-9-13(5-2-6-16-8-13)10-3-4-11(14)12(15)7-10/h3-4,7,16H,2,5-6,8-9H2,1H3. The van der Waals surface area contributed by atoms with E-state index in [9.17, 15) is 0 Å². The van der Waals surface area contributed by atoms with Gasteiger partial charge in [0, 0.05) is 19.1 Å². The van der Waals surface area contributed by atoms with Gasteiger partial charge in [-0.15, -0.1) is 0 Å². The van der Waals surface area contributed by atoms with Crippen molar-refractivity contribution in [1.29, 1.82) is 0 Å². The van der Waals surface area contributed by atoms with Crippen LogP contribution in [0.3, 0.4) is 0 Å². The Morgan fingerprint density at radius 1 is 1.35 bits per heavy atom. The van der Waals surface area contributed by atoms with E-state index in [1.54, 1.807) is 7.11 Å². The maximum Gasteiger partial charge on any atom is 0.0595 e. The molecule has 0 bridgehead atoms. The fourth-order valence-corrected chi connectivity index (χ4v) is 2.82. The predicted octanol–water partition coefficient (Wildman–Crippen LogP) is 3.26. The molecule has 0 saturated carbocycles. The van der Waals surface area contributed by atoms with Crippen LogP contribution in [-0.4, -0.2) is 26.8 Å². The third-order valence-electron chi connectivity index (χ3n) is 3.42. The summed E-state index contributed by atoms with van der Waals surface area (Å²) >= 11 is 12.1. The van der Waals surface area contributed by atoms with Gasteiger partial charge in [-0.1, -0.05) is 29.3 Å². The average molecular weight is 274 g/mol. The van der Waals surface area contributed by atoms with E-state index in [0.29, 0.717) is 16.7 Å². The van der Waals surface area contributed by atoms with E-state index in [1.165, 1.54) is 5.56 Å². The van der Waals surface area contributed by atoms with Crippen molar-refractivity contribution in [2.45, 2.75) is 18.3 Å². The Balaban J connectivity index is 2.34. The second kappa shape index (κ2) is 5.57. The molecule has 1 saturated heterocycles. The quantitative estimate of drug-likeness (QED) is 0.913. The van der Waals surface area contributed by atoms with Gasteiger partial charge in [0.1, 0.15) is 0 Å². The summed E-state index contributed by atoms with van der Waals surface area (Å²) < 4.78 is 5.39. The van der Waals surface area contributed by atoms with Crippen LogP contribution in [0.4, 0.5) is 0 Å². The predicted molar refractivity (Wildman–Crippen MR) is 72.1 cm³/mol. The summed E-state index contributed by atoms with van der Waals surface area (Å²) in [4.78, 5) is 0. The summed E-state index contributed by atoms with van der Waals surface area (Å²) in [5.74, 6) is 0. The molecule has 1 heterocycles. The van der Waals surface area contributed by atoms with Crippen LogP contribution >= 0.6 is 23.2 Å². The zero-order chi connectivity index (χ0) is 12.3. The van der Waals surface area contributed by atoms with Crippen molar-refractivity contribution in [3.05, 3.63) is 33.8 Å². The van der Waals surface area contributed by atoms with E-state index in [0.717, 1.165) is 25.9 Å². The van der Waals surface area contributed by atoms with Gasteiger partial charge in [0.2, 0.25) is 0 Å². The van der Waals surface area contributed by atoms with Gasteiger partial charge >= 0.3 is 0 Å². The first-order valence-corrected chi connectivity index (χ1v) is 6.59. The molecule has 1 fully saturated rings. The zero-order valence-corrected chi connectivity index (χ0v) is 11.4. The minimum absolute atomic E-state index is 0.0290. The first-order valence-electron chi connectivity index (χ1n) is 5.83. The number of nitrogens with one attached hydrogen (secondary N) is 1. The lowest BCUT2D eigenvalue weighted by Gasteiger charge is -2.37. The van der Waals surface area contributed by atoms with Crippen LogP contribution in [0.1, 0.15) is 18.4 Å². The van der Waals surface area contributed by atoms with Crippen LogP contribution in [0, 0.1) is 0 Å². The Kier molecular flexibility index (Phi) is 4.31. The highest BCUT2D eigenvalue weighted by atomic mass is 35.5. The number of hydrogen-bond donors (Lipinski definition) is 1. The number of piperidine rings is 1. The number of halogens is 2. The highest BCUT2D eigenvalue weighted by molar-refractivity contribution is 6.42. The molecule has 0 aromatic heterocycles. The fraction of sp³-hybridized carbons (Fsp3) is 0.538. The van der Waals surface area contributed by atoms with E-state index in [4.69, 9.17) is 27.9 Å². The topological polar surface area (TPSA) is 21.3 Å². The summed E-state index contributed by atoms with van der Waals surface area (Å²) in [6.45, 7) is 2.71. The molecule has 1 aliphatic rings. The molecule has 1 aliphatic heterocycles. The van der Waals surface area contributed by atoms with Crippen LogP contribution < -0.4 is 5.32 Å². The molecule has 0 radical (unpaired) electrons. The molecule has 94 valence electrons. The minimum atomic E-state index is 0.0290. The van der Waals surface area contributed by atoms with Gasteiger partial charge in [-0.25, -0.2) is 0 Å². The summed E-state index contributed by atoms with van der Waals surface area (Å²) in [5, 5.41) is 4.66. The van der Waals surface area contributed by atoms with Gasteiger partial charge in [0.05, 0.1) is 16.7 Å². The normalized spacial score (nSPS) is 24.9. The summed E-state index contributed by atoms with van der Waals surface area (Å²) in [6.07, 6.45) is 2.27. The highest BCUT2D eigenvalue weighted by Crippen LogP contribution is 2.35. The molecule has 2 rings (SSSR count). The maximum atomic E-state index is 6.10.